The number of halogens is 2. The van der Waals surface area contributed by atoms with Gasteiger partial charge in [-0.15, -0.1) is 0 Å². The van der Waals surface area contributed by atoms with Crippen LogP contribution in [-0.4, -0.2) is 32.6 Å². The van der Waals surface area contributed by atoms with Crippen molar-refractivity contribution in [1.29, 1.82) is 0 Å². The number of likely N-dealkylation sites (tertiary alicyclic amines) is 1. The number of carboxylic acid groups (broad SMARTS) is 1. The Bertz CT molecular complexity index is 490. The minimum atomic E-state index is -0.867. The lowest BCUT2D eigenvalue weighted by Crippen LogP contribution is -2.53. The van der Waals surface area contributed by atoms with Crippen molar-refractivity contribution >= 4 is 51.3 Å². The molecule has 0 aromatic carbocycles. The van der Waals surface area contributed by atoms with Gasteiger partial charge in [0.25, 0.3) is 0 Å². The monoisotopic (exact) mass is 489 g/mol. The van der Waals surface area contributed by atoms with Crippen LogP contribution < -0.4 is 0 Å². The maximum Gasteiger partial charge on any atom is 0.408 e. The fraction of sp³-hybridized carbons (Fsp3) is 0.667. The Morgan fingerprint density at radius 2 is 2.11 bits per heavy atom. The van der Waals surface area contributed by atoms with E-state index in [2.05, 4.69) is 75.9 Å². The third-order valence-corrected chi connectivity index (χ3v) is 6.46. The first-order chi connectivity index (χ1) is 8.70. The number of aromatic amines is 1. The van der Waals surface area contributed by atoms with Gasteiger partial charge < -0.3 is 10.1 Å². The molecule has 1 aliphatic heterocycles. The molecule has 7 heteroatoms. The molecule has 2 rings (SSSR count). The second-order valence-electron chi connectivity index (χ2n) is 5.84. The first kappa shape index (κ1) is 15.3. The molecule has 0 spiro atoms. The highest BCUT2D eigenvalue weighted by Gasteiger charge is 2.55. The summed E-state index contributed by atoms with van der Waals surface area (Å²) in [6, 6.07) is 0. The summed E-state index contributed by atoms with van der Waals surface area (Å²) >= 11 is 4.37. The quantitative estimate of drug-likeness (QED) is 0.593. The van der Waals surface area contributed by atoms with E-state index in [1.54, 1.807) is 4.90 Å². The van der Waals surface area contributed by atoms with E-state index < -0.39 is 11.6 Å². The van der Waals surface area contributed by atoms with Crippen molar-refractivity contribution in [1.82, 2.24) is 14.9 Å². The summed E-state index contributed by atoms with van der Waals surface area (Å²) in [5, 5.41) is 9.53. The minimum Gasteiger partial charge on any atom is -0.465 e. The smallest absolute Gasteiger partial charge is 0.408 e. The maximum atomic E-state index is 11.6. The summed E-state index contributed by atoms with van der Waals surface area (Å²) in [5.74, 6) is 0.772. The predicted octanol–water partition coefficient (Wildman–Crippen LogP) is 3.63. The molecule has 1 atom stereocenters. The first-order valence-corrected chi connectivity index (χ1v) is 8.28. The molecular formula is C12H17I2N3O2. The zero-order valence-corrected chi connectivity index (χ0v) is 15.4. The average Bonchev–Trinajstić information content (AvgIpc) is 2.83. The minimum absolute atomic E-state index is 0.216. The van der Waals surface area contributed by atoms with Crippen molar-refractivity contribution in [3.05, 3.63) is 13.2 Å². The molecule has 0 radical (unpaired) electrons. The van der Waals surface area contributed by atoms with Crippen LogP contribution in [-0.2, 0) is 5.54 Å². The molecule has 1 aromatic rings. The van der Waals surface area contributed by atoms with E-state index in [-0.39, 0.29) is 5.41 Å². The number of nitrogens with one attached hydrogen (secondary N) is 1. The molecule has 2 heterocycles. The summed E-state index contributed by atoms with van der Waals surface area (Å²) in [5.41, 5.74) is -0.784. The van der Waals surface area contributed by atoms with E-state index in [1.807, 2.05) is 0 Å². The zero-order valence-electron chi connectivity index (χ0n) is 11.1. The Labute approximate surface area is 139 Å². The number of hydrogen-bond acceptors (Lipinski definition) is 2. The van der Waals surface area contributed by atoms with Crippen molar-refractivity contribution in [2.75, 3.05) is 6.54 Å². The van der Waals surface area contributed by atoms with Gasteiger partial charge in [0, 0.05) is 6.54 Å². The van der Waals surface area contributed by atoms with Crippen molar-refractivity contribution in [2.45, 2.75) is 39.2 Å². The molecular weight excluding hydrogens is 472 g/mol. The Hall–Kier alpha value is -0.0600. The highest BCUT2D eigenvalue weighted by molar-refractivity contribution is 14.1. The van der Waals surface area contributed by atoms with Crippen LogP contribution in [0.5, 0.6) is 0 Å². The Kier molecular flexibility index (Phi) is 4.07. The topological polar surface area (TPSA) is 69.2 Å². The van der Waals surface area contributed by atoms with Crippen molar-refractivity contribution < 1.29 is 9.90 Å². The Morgan fingerprint density at radius 3 is 2.53 bits per heavy atom. The zero-order chi connectivity index (χ0) is 14.4. The fourth-order valence-corrected chi connectivity index (χ4v) is 3.74. The lowest BCUT2D eigenvalue weighted by Gasteiger charge is -2.45. The van der Waals surface area contributed by atoms with Crippen LogP contribution in [0.15, 0.2) is 0 Å². The van der Waals surface area contributed by atoms with Gasteiger partial charge in [-0.25, -0.2) is 9.78 Å². The van der Waals surface area contributed by atoms with E-state index in [9.17, 15) is 9.90 Å². The van der Waals surface area contributed by atoms with Gasteiger partial charge in [0.1, 0.15) is 18.8 Å². The van der Waals surface area contributed by atoms with Crippen molar-refractivity contribution in [3.63, 3.8) is 0 Å². The molecule has 2 N–H and O–H groups in total. The molecule has 1 saturated heterocycles. The molecule has 1 aromatic heterocycles. The average molecular weight is 489 g/mol. The van der Waals surface area contributed by atoms with E-state index in [0.717, 1.165) is 26.1 Å². The molecule has 0 saturated carbocycles. The van der Waals surface area contributed by atoms with E-state index in [0.29, 0.717) is 6.54 Å². The number of imidazole rings is 1. The highest BCUT2D eigenvalue weighted by atomic mass is 127. The standard InChI is InChI=1S/C12H17I2N3O2/c1-11(2,3)12(5-4-6-17(12)10(18)19)9-15-7(13)8(14)16-9/h4-6H2,1-3H3,(H,15,16)(H,18,19)/t12-/m1/s1. The van der Waals surface area contributed by atoms with Gasteiger partial charge in [0.2, 0.25) is 0 Å². The van der Waals surface area contributed by atoms with Crippen LogP contribution in [0, 0.1) is 12.8 Å². The largest absolute Gasteiger partial charge is 0.465 e. The summed E-state index contributed by atoms with van der Waals surface area (Å²) in [4.78, 5) is 21.0. The van der Waals surface area contributed by atoms with Crippen LogP contribution in [0.3, 0.4) is 0 Å². The Balaban J connectivity index is 2.62. The highest BCUT2D eigenvalue weighted by Crippen LogP contribution is 2.50. The van der Waals surface area contributed by atoms with Gasteiger partial charge in [-0.3, -0.25) is 4.90 Å². The van der Waals surface area contributed by atoms with E-state index >= 15 is 0 Å². The van der Waals surface area contributed by atoms with Gasteiger partial charge in [-0.2, -0.15) is 0 Å². The van der Waals surface area contributed by atoms with Crippen LogP contribution in [0.2, 0.25) is 0 Å². The molecule has 0 unspecified atom stereocenters. The molecule has 1 amide bonds. The predicted molar refractivity (Wildman–Crippen MR) is 89.1 cm³/mol. The number of rotatable bonds is 1. The maximum absolute atomic E-state index is 11.6. The van der Waals surface area contributed by atoms with Crippen molar-refractivity contribution in [3.8, 4) is 0 Å². The fourth-order valence-electron chi connectivity index (χ4n) is 2.99. The lowest BCUT2D eigenvalue weighted by molar-refractivity contribution is 0.0215. The molecule has 5 nitrogen and oxygen atoms in total. The summed E-state index contributed by atoms with van der Waals surface area (Å²) in [6.07, 6.45) is 0.814. The molecule has 0 aliphatic carbocycles. The third kappa shape index (κ3) is 2.36. The lowest BCUT2D eigenvalue weighted by atomic mass is 9.71. The number of hydrogen-bond donors (Lipinski definition) is 2. The molecule has 106 valence electrons. The second kappa shape index (κ2) is 5.05. The SMILES string of the molecule is CC(C)(C)[C@]1(c2nc(I)c(I)[nH]2)CCCN1C(=O)O. The van der Waals surface area contributed by atoms with Gasteiger partial charge in [0.15, 0.2) is 0 Å². The van der Waals surface area contributed by atoms with Crippen molar-refractivity contribution in [2.24, 2.45) is 5.41 Å². The molecule has 0 bridgehead atoms. The summed E-state index contributed by atoms with van der Waals surface area (Å²) < 4.78 is 1.86. The number of aromatic nitrogens is 2. The number of amides is 1. The van der Waals surface area contributed by atoms with Crippen LogP contribution >= 0.6 is 45.2 Å². The van der Waals surface area contributed by atoms with E-state index in [4.69, 9.17) is 0 Å². The normalized spacial score (nSPS) is 23.9. The van der Waals surface area contributed by atoms with Crippen LogP contribution in [0.1, 0.15) is 39.4 Å². The molecule has 1 fully saturated rings. The second-order valence-corrected chi connectivity index (χ2v) is 7.94. The third-order valence-electron chi connectivity index (χ3n) is 3.86. The van der Waals surface area contributed by atoms with Gasteiger partial charge in [0.05, 0.1) is 0 Å². The van der Waals surface area contributed by atoms with Gasteiger partial charge >= 0.3 is 6.09 Å². The van der Waals surface area contributed by atoms with Crippen LogP contribution in [0.4, 0.5) is 4.79 Å². The number of H-pyrrole nitrogens is 1. The summed E-state index contributed by atoms with van der Waals surface area (Å²) in [6.45, 7) is 6.81. The van der Waals surface area contributed by atoms with Crippen LogP contribution in [0.25, 0.3) is 0 Å². The number of carbonyl (C=O) groups is 1. The molecule has 19 heavy (non-hydrogen) atoms. The van der Waals surface area contributed by atoms with Gasteiger partial charge in [-0.05, 0) is 63.4 Å². The van der Waals surface area contributed by atoms with Gasteiger partial charge in [-0.1, -0.05) is 20.8 Å². The van der Waals surface area contributed by atoms with E-state index in [1.165, 1.54) is 0 Å². The molecule has 1 aliphatic rings. The number of nitrogens with zero attached hydrogens (tertiary/aromatic N) is 2. The summed E-state index contributed by atoms with van der Waals surface area (Å²) in [7, 11) is 0. The first-order valence-electron chi connectivity index (χ1n) is 6.12. The Morgan fingerprint density at radius 1 is 1.47 bits per heavy atom.